The Labute approximate surface area is 74.3 Å². The summed E-state index contributed by atoms with van der Waals surface area (Å²) in [5.74, 6) is -0.785. The van der Waals surface area contributed by atoms with Crippen LogP contribution >= 0.6 is 0 Å². The van der Waals surface area contributed by atoms with Crippen molar-refractivity contribution >= 4 is 11.6 Å². The topological polar surface area (TPSA) is 86.2 Å². The molecule has 1 aromatic carbocycles. The normalized spacial score (nSPS) is 9.62. The molecule has 13 heavy (non-hydrogen) atoms. The number of primary amides is 1. The highest BCUT2D eigenvalue weighted by atomic mass is 16.6. The number of nitro benzene ring substituents is 1. The third-order valence-electron chi connectivity index (χ3n) is 1.62. The molecule has 0 atom stereocenters. The molecule has 0 saturated heterocycles. The van der Waals surface area contributed by atoms with Crippen LogP contribution < -0.4 is 5.73 Å². The monoisotopic (exact) mass is 180 g/mol. The van der Waals surface area contributed by atoms with Crippen molar-refractivity contribution in [3.05, 3.63) is 39.4 Å². The number of carbonyl (C=O) groups is 1. The predicted molar refractivity (Wildman–Crippen MR) is 46.4 cm³/mol. The molecule has 0 radical (unpaired) electrons. The van der Waals surface area contributed by atoms with Crippen molar-refractivity contribution in [3.63, 3.8) is 0 Å². The van der Waals surface area contributed by atoms with Crippen LogP contribution in [0.15, 0.2) is 18.2 Å². The Hall–Kier alpha value is -1.91. The fourth-order valence-electron chi connectivity index (χ4n) is 1.00. The van der Waals surface area contributed by atoms with Gasteiger partial charge in [0, 0.05) is 6.07 Å². The van der Waals surface area contributed by atoms with E-state index in [9.17, 15) is 14.9 Å². The van der Waals surface area contributed by atoms with E-state index in [1.165, 1.54) is 12.1 Å². The first-order valence-electron chi connectivity index (χ1n) is 3.57. The van der Waals surface area contributed by atoms with E-state index >= 15 is 0 Å². The fraction of sp³-hybridized carbons (Fsp3) is 0.125. The zero-order valence-electron chi connectivity index (χ0n) is 6.98. The smallest absolute Gasteiger partial charge is 0.282 e. The maximum atomic E-state index is 10.8. The number of hydrogen-bond donors (Lipinski definition) is 1. The van der Waals surface area contributed by atoms with E-state index in [4.69, 9.17) is 5.73 Å². The van der Waals surface area contributed by atoms with Crippen molar-refractivity contribution in [2.24, 2.45) is 5.73 Å². The van der Waals surface area contributed by atoms with Gasteiger partial charge >= 0.3 is 0 Å². The predicted octanol–water partition coefficient (Wildman–Crippen LogP) is 1.00. The van der Waals surface area contributed by atoms with Gasteiger partial charge in [0.1, 0.15) is 5.56 Å². The Balaban J connectivity index is 3.35. The van der Waals surface area contributed by atoms with Gasteiger partial charge in [-0.1, -0.05) is 6.07 Å². The van der Waals surface area contributed by atoms with Crippen LogP contribution in [-0.4, -0.2) is 10.8 Å². The summed E-state index contributed by atoms with van der Waals surface area (Å²) >= 11 is 0. The molecular weight excluding hydrogens is 172 g/mol. The maximum Gasteiger partial charge on any atom is 0.282 e. The van der Waals surface area contributed by atoms with Gasteiger partial charge in [0.05, 0.1) is 4.92 Å². The van der Waals surface area contributed by atoms with E-state index in [1.54, 1.807) is 13.0 Å². The average Bonchev–Trinajstić information content (AvgIpc) is 2.03. The van der Waals surface area contributed by atoms with E-state index in [1.807, 2.05) is 0 Å². The fourth-order valence-corrected chi connectivity index (χ4v) is 1.00. The molecule has 0 unspecified atom stereocenters. The second-order valence-electron chi connectivity index (χ2n) is 2.64. The lowest BCUT2D eigenvalue weighted by Crippen LogP contribution is -2.13. The summed E-state index contributed by atoms with van der Waals surface area (Å²) in [7, 11) is 0. The quantitative estimate of drug-likeness (QED) is 0.544. The summed E-state index contributed by atoms with van der Waals surface area (Å²) in [6.45, 7) is 1.71. The summed E-state index contributed by atoms with van der Waals surface area (Å²) in [6.07, 6.45) is 0. The number of nitrogens with zero attached hydrogens (tertiary/aromatic N) is 1. The molecule has 2 N–H and O–H groups in total. The number of nitro groups is 1. The van der Waals surface area contributed by atoms with Crippen LogP contribution in [0.5, 0.6) is 0 Å². The lowest BCUT2D eigenvalue weighted by Gasteiger charge is -1.98. The average molecular weight is 180 g/mol. The maximum absolute atomic E-state index is 10.8. The molecule has 0 aromatic heterocycles. The van der Waals surface area contributed by atoms with E-state index in [2.05, 4.69) is 0 Å². The Morgan fingerprint density at radius 1 is 1.54 bits per heavy atom. The lowest BCUT2D eigenvalue weighted by molar-refractivity contribution is -0.385. The van der Waals surface area contributed by atoms with Gasteiger partial charge in [-0.3, -0.25) is 14.9 Å². The first-order valence-corrected chi connectivity index (χ1v) is 3.57. The highest BCUT2D eigenvalue weighted by molar-refractivity contribution is 5.96. The molecule has 1 rings (SSSR count). The third-order valence-corrected chi connectivity index (χ3v) is 1.62. The van der Waals surface area contributed by atoms with Crippen molar-refractivity contribution in [3.8, 4) is 0 Å². The Bertz CT molecular complexity index is 374. The van der Waals surface area contributed by atoms with Crippen molar-refractivity contribution in [2.75, 3.05) is 0 Å². The van der Waals surface area contributed by atoms with Gasteiger partial charge in [-0.05, 0) is 18.6 Å². The summed E-state index contributed by atoms with van der Waals surface area (Å²) < 4.78 is 0. The van der Waals surface area contributed by atoms with Crippen molar-refractivity contribution in [1.82, 2.24) is 0 Å². The molecular formula is C8H8N2O3. The van der Waals surface area contributed by atoms with Gasteiger partial charge in [0.2, 0.25) is 0 Å². The Morgan fingerprint density at radius 2 is 2.15 bits per heavy atom. The van der Waals surface area contributed by atoms with Gasteiger partial charge in [-0.2, -0.15) is 0 Å². The minimum Gasteiger partial charge on any atom is -0.365 e. The van der Waals surface area contributed by atoms with Crippen LogP contribution in [0.25, 0.3) is 0 Å². The molecule has 0 fully saturated rings. The number of nitrogens with two attached hydrogens (primary N) is 1. The first kappa shape index (κ1) is 9.18. The first-order chi connectivity index (χ1) is 6.02. The van der Waals surface area contributed by atoms with E-state index in [0.717, 1.165) is 5.56 Å². The lowest BCUT2D eigenvalue weighted by atomic mass is 10.1. The summed E-state index contributed by atoms with van der Waals surface area (Å²) in [5.41, 5.74) is 5.38. The van der Waals surface area contributed by atoms with Crippen LogP contribution in [0.2, 0.25) is 0 Å². The number of carbonyl (C=O) groups excluding carboxylic acids is 1. The standard InChI is InChI=1S/C8H8N2O3/c1-5-2-3-6(8(9)11)7(4-5)10(12)13/h2-4H,1H3,(H2,9,11). The van der Waals surface area contributed by atoms with Gasteiger partial charge < -0.3 is 5.73 Å². The molecule has 5 heteroatoms. The zero-order chi connectivity index (χ0) is 10.0. The molecule has 68 valence electrons. The van der Waals surface area contributed by atoms with Crippen molar-refractivity contribution in [2.45, 2.75) is 6.92 Å². The van der Waals surface area contributed by atoms with Gasteiger partial charge in [-0.25, -0.2) is 0 Å². The highest BCUT2D eigenvalue weighted by Crippen LogP contribution is 2.19. The molecule has 1 aromatic rings. The molecule has 5 nitrogen and oxygen atoms in total. The van der Waals surface area contributed by atoms with Crippen LogP contribution in [0.1, 0.15) is 15.9 Å². The van der Waals surface area contributed by atoms with E-state index < -0.39 is 10.8 Å². The molecule has 0 bridgehead atoms. The van der Waals surface area contributed by atoms with Gasteiger partial charge in [0.25, 0.3) is 11.6 Å². The minimum atomic E-state index is -0.785. The Morgan fingerprint density at radius 3 is 2.62 bits per heavy atom. The zero-order valence-corrected chi connectivity index (χ0v) is 6.98. The number of benzene rings is 1. The van der Waals surface area contributed by atoms with Crippen LogP contribution in [0.4, 0.5) is 5.69 Å². The van der Waals surface area contributed by atoms with Crippen molar-refractivity contribution < 1.29 is 9.72 Å². The molecule has 0 saturated carbocycles. The number of aryl methyl sites for hydroxylation is 1. The Kier molecular flexibility index (Phi) is 2.27. The molecule has 0 aliphatic heterocycles. The van der Waals surface area contributed by atoms with Gasteiger partial charge in [0.15, 0.2) is 0 Å². The number of amides is 1. The molecule has 0 aliphatic carbocycles. The highest BCUT2D eigenvalue weighted by Gasteiger charge is 2.17. The minimum absolute atomic E-state index is 0.0596. The SMILES string of the molecule is Cc1ccc(C(N)=O)c([N+](=O)[O-])c1. The van der Waals surface area contributed by atoms with E-state index in [0.29, 0.717) is 0 Å². The van der Waals surface area contributed by atoms with Crippen LogP contribution in [0.3, 0.4) is 0 Å². The summed E-state index contributed by atoms with van der Waals surface area (Å²) in [4.78, 5) is 20.6. The van der Waals surface area contributed by atoms with Gasteiger partial charge in [-0.15, -0.1) is 0 Å². The number of hydrogen-bond acceptors (Lipinski definition) is 3. The van der Waals surface area contributed by atoms with E-state index in [-0.39, 0.29) is 11.3 Å². The second kappa shape index (κ2) is 3.22. The second-order valence-corrected chi connectivity index (χ2v) is 2.64. The summed E-state index contributed by atoms with van der Waals surface area (Å²) in [6, 6.07) is 4.28. The van der Waals surface area contributed by atoms with Crippen LogP contribution in [0, 0.1) is 17.0 Å². The summed E-state index contributed by atoms with van der Waals surface area (Å²) in [5, 5.41) is 10.5. The molecule has 0 aliphatic rings. The molecule has 0 spiro atoms. The number of rotatable bonds is 2. The third kappa shape index (κ3) is 1.81. The van der Waals surface area contributed by atoms with Crippen molar-refractivity contribution in [1.29, 1.82) is 0 Å². The molecule has 0 heterocycles. The largest absolute Gasteiger partial charge is 0.365 e. The van der Waals surface area contributed by atoms with Crippen LogP contribution in [-0.2, 0) is 0 Å². The molecule has 1 amide bonds.